The highest BCUT2D eigenvalue weighted by atomic mass is 16.3. The molecule has 18 heavy (non-hydrogen) atoms. The molecule has 1 saturated heterocycles. The number of piperidine rings is 1. The zero-order valence-electron chi connectivity index (χ0n) is 10.8. The smallest absolute Gasteiger partial charge is 0.317 e. The van der Waals surface area contributed by atoms with E-state index in [4.69, 9.17) is 0 Å². The van der Waals surface area contributed by atoms with Gasteiger partial charge in [0, 0.05) is 26.3 Å². The molecule has 0 aliphatic carbocycles. The number of likely N-dealkylation sites (tertiary alicyclic amines) is 1. The number of hydrogen-bond acceptors (Lipinski definition) is 3. The fraction of sp³-hybridized carbons (Fsp3) is 0.667. The van der Waals surface area contributed by atoms with E-state index < -0.39 is 6.10 Å². The van der Waals surface area contributed by atoms with Crippen LogP contribution in [0.25, 0.3) is 0 Å². The lowest BCUT2D eigenvalue weighted by Gasteiger charge is -2.34. The minimum Gasteiger partial charge on any atom is -0.391 e. The third kappa shape index (κ3) is 2.81. The van der Waals surface area contributed by atoms with Crippen LogP contribution in [0, 0.1) is 5.92 Å². The van der Waals surface area contributed by atoms with E-state index in [1.54, 1.807) is 15.8 Å². The van der Waals surface area contributed by atoms with Gasteiger partial charge in [-0.1, -0.05) is 6.92 Å². The van der Waals surface area contributed by atoms with E-state index in [1.165, 1.54) is 0 Å². The minimum absolute atomic E-state index is 0.123. The van der Waals surface area contributed by atoms with Crippen LogP contribution in [-0.2, 0) is 13.6 Å². The van der Waals surface area contributed by atoms with E-state index in [1.807, 2.05) is 20.0 Å². The van der Waals surface area contributed by atoms with Crippen LogP contribution in [0.1, 0.15) is 19.0 Å². The zero-order valence-corrected chi connectivity index (χ0v) is 10.8. The van der Waals surface area contributed by atoms with E-state index >= 15 is 0 Å². The van der Waals surface area contributed by atoms with Crippen LogP contribution in [-0.4, -0.2) is 45.0 Å². The van der Waals surface area contributed by atoms with E-state index in [2.05, 4.69) is 10.4 Å². The number of carbonyl (C=O) groups is 1. The Morgan fingerprint density at radius 3 is 3.06 bits per heavy atom. The average Bonchev–Trinajstić information content (AvgIpc) is 2.75. The molecule has 0 radical (unpaired) electrons. The van der Waals surface area contributed by atoms with Crippen LogP contribution in [0.15, 0.2) is 12.3 Å². The van der Waals surface area contributed by atoms with Gasteiger partial charge in [-0.05, 0) is 18.4 Å². The van der Waals surface area contributed by atoms with Gasteiger partial charge in [-0.2, -0.15) is 5.10 Å². The molecule has 1 aromatic rings. The van der Waals surface area contributed by atoms with Crippen molar-refractivity contribution in [2.75, 3.05) is 13.1 Å². The maximum absolute atomic E-state index is 11.9. The molecule has 2 atom stereocenters. The molecule has 2 N–H and O–H groups in total. The van der Waals surface area contributed by atoms with Gasteiger partial charge in [0.1, 0.15) is 0 Å². The summed E-state index contributed by atoms with van der Waals surface area (Å²) in [5, 5.41) is 16.6. The number of aliphatic hydroxyl groups is 1. The van der Waals surface area contributed by atoms with Crippen LogP contribution in [0.4, 0.5) is 4.79 Å². The van der Waals surface area contributed by atoms with Crippen molar-refractivity contribution in [2.45, 2.75) is 26.0 Å². The summed E-state index contributed by atoms with van der Waals surface area (Å²) < 4.78 is 1.73. The van der Waals surface area contributed by atoms with Crippen molar-refractivity contribution in [3.63, 3.8) is 0 Å². The van der Waals surface area contributed by atoms with Gasteiger partial charge in [-0.3, -0.25) is 4.68 Å². The molecule has 1 aliphatic rings. The molecule has 0 spiro atoms. The van der Waals surface area contributed by atoms with Crippen molar-refractivity contribution in [2.24, 2.45) is 13.0 Å². The standard InChI is InChI=1S/C12H20N4O2/c1-9-4-6-16(8-11(9)17)12(18)13-7-10-3-5-14-15(10)2/h3,5,9,11,17H,4,6-8H2,1-2H3,(H,13,18). The second-order valence-corrected chi connectivity index (χ2v) is 4.88. The Hall–Kier alpha value is -1.56. The fourth-order valence-electron chi connectivity index (χ4n) is 2.09. The topological polar surface area (TPSA) is 70.4 Å². The van der Waals surface area contributed by atoms with Crippen LogP contribution in [0.2, 0.25) is 0 Å². The number of urea groups is 1. The summed E-state index contributed by atoms with van der Waals surface area (Å²) >= 11 is 0. The molecule has 6 nitrogen and oxygen atoms in total. The van der Waals surface area contributed by atoms with E-state index in [0.29, 0.717) is 19.6 Å². The van der Waals surface area contributed by atoms with Crippen molar-refractivity contribution < 1.29 is 9.90 Å². The maximum atomic E-state index is 11.9. The first-order chi connectivity index (χ1) is 8.58. The Labute approximate surface area is 107 Å². The summed E-state index contributed by atoms with van der Waals surface area (Å²) in [4.78, 5) is 13.6. The van der Waals surface area contributed by atoms with Gasteiger partial charge in [0.25, 0.3) is 0 Å². The number of hydrogen-bond donors (Lipinski definition) is 2. The number of rotatable bonds is 2. The van der Waals surface area contributed by atoms with Gasteiger partial charge in [0.05, 0.1) is 18.3 Å². The number of amides is 2. The van der Waals surface area contributed by atoms with E-state index in [-0.39, 0.29) is 11.9 Å². The fourth-order valence-corrected chi connectivity index (χ4v) is 2.09. The van der Waals surface area contributed by atoms with Gasteiger partial charge >= 0.3 is 6.03 Å². The summed E-state index contributed by atoms with van der Waals surface area (Å²) in [6.07, 6.45) is 2.13. The molecule has 2 unspecified atom stereocenters. The molecular formula is C12H20N4O2. The molecule has 0 bridgehead atoms. The first kappa shape index (κ1) is 12.9. The van der Waals surface area contributed by atoms with Crippen molar-refractivity contribution in [3.05, 3.63) is 18.0 Å². The van der Waals surface area contributed by atoms with Crippen LogP contribution < -0.4 is 5.32 Å². The molecule has 100 valence electrons. The Balaban J connectivity index is 1.83. The number of nitrogens with one attached hydrogen (secondary N) is 1. The number of aromatic nitrogens is 2. The van der Waals surface area contributed by atoms with Gasteiger partial charge < -0.3 is 15.3 Å². The SMILES string of the molecule is CC1CCN(C(=O)NCc2ccnn2C)CC1O. The first-order valence-corrected chi connectivity index (χ1v) is 6.25. The molecule has 2 amide bonds. The highest BCUT2D eigenvalue weighted by Gasteiger charge is 2.27. The zero-order chi connectivity index (χ0) is 13.1. The average molecular weight is 252 g/mol. The molecule has 1 aliphatic heterocycles. The second-order valence-electron chi connectivity index (χ2n) is 4.88. The van der Waals surface area contributed by atoms with Crippen molar-refractivity contribution >= 4 is 6.03 Å². The molecule has 2 rings (SSSR count). The lowest BCUT2D eigenvalue weighted by Crippen LogP contribution is -2.49. The normalized spacial score (nSPS) is 24.1. The second kappa shape index (κ2) is 5.39. The van der Waals surface area contributed by atoms with Crippen molar-refractivity contribution in [1.29, 1.82) is 0 Å². The molecule has 0 aromatic carbocycles. The van der Waals surface area contributed by atoms with Gasteiger partial charge in [-0.25, -0.2) is 4.79 Å². The quantitative estimate of drug-likeness (QED) is 0.797. The highest BCUT2D eigenvalue weighted by Crippen LogP contribution is 2.16. The number of aliphatic hydroxyl groups excluding tert-OH is 1. The summed E-state index contributed by atoms with van der Waals surface area (Å²) in [6.45, 7) is 3.58. The summed E-state index contributed by atoms with van der Waals surface area (Å²) in [7, 11) is 1.84. The van der Waals surface area contributed by atoms with E-state index in [0.717, 1.165) is 12.1 Å². The van der Waals surface area contributed by atoms with Crippen molar-refractivity contribution in [1.82, 2.24) is 20.0 Å². The Morgan fingerprint density at radius 2 is 2.44 bits per heavy atom. The highest BCUT2D eigenvalue weighted by molar-refractivity contribution is 5.74. The Kier molecular flexibility index (Phi) is 3.86. The van der Waals surface area contributed by atoms with Crippen molar-refractivity contribution in [3.8, 4) is 0 Å². The third-order valence-electron chi connectivity index (χ3n) is 3.55. The van der Waals surface area contributed by atoms with E-state index in [9.17, 15) is 9.90 Å². The minimum atomic E-state index is -0.416. The molecule has 1 aromatic heterocycles. The van der Waals surface area contributed by atoms with Gasteiger partial charge in [0.2, 0.25) is 0 Å². The summed E-state index contributed by atoms with van der Waals surface area (Å²) in [6, 6.07) is 1.75. The monoisotopic (exact) mass is 252 g/mol. The molecular weight excluding hydrogens is 232 g/mol. The number of β-amino-alcohol motifs (C(OH)–C–C–N with tert-alkyl or cyclic N) is 1. The lowest BCUT2D eigenvalue weighted by atomic mass is 9.96. The van der Waals surface area contributed by atoms with Gasteiger partial charge in [-0.15, -0.1) is 0 Å². The predicted octanol–water partition coefficient (Wildman–Crippen LogP) is 0.332. The first-order valence-electron chi connectivity index (χ1n) is 6.25. The summed E-state index contributed by atoms with van der Waals surface area (Å²) in [5.41, 5.74) is 0.953. The molecule has 6 heteroatoms. The molecule has 1 fully saturated rings. The van der Waals surface area contributed by atoms with Crippen LogP contribution >= 0.6 is 0 Å². The number of nitrogens with zero attached hydrogens (tertiary/aromatic N) is 3. The molecule has 0 saturated carbocycles. The summed E-state index contributed by atoms with van der Waals surface area (Å²) in [5.74, 6) is 0.270. The third-order valence-corrected chi connectivity index (χ3v) is 3.55. The Bertz CT molecular complexity index is 418. The van der Waals surface area contributed by atoms with Crippen LogP contribution in [0.3, 0.4) is 0 Å². The Morgan fingerprint density at radius 1 is 1.67 bits per heavy atom. The van der Waals surface area contributed by atoms with Gasteiger partial charge in [0.15, 0.2) is 0 Å². The number of aryl methyl sites for hydroxylation is 1. The number of carbonyl (C=O) groups excluding carboxylic acids is 1. The predicted molar refractivity (Wildman–Crippen MR) is 66.8 cm³/mol. The largest absolute Gasteiger partial charge is 0.391 e. The lowest BCUT2D eigenvalue weighted by molar-refractivity contribution is 0.0435. The molecule has 2 heterocycles. The van der Waals surface area contributed by atoms with Crippen LogP contribution in [0.5, 0.6) is 0 Å². The maximum Gasteiger partial charge on any atom is 0.317 e.